The molecule has 2 heterocycles. The molecule has 3 rings (SSSR count). The summed E-state index contributed by atoms with van der Waals surface area (Å²) >= 11 is 0. The Kier molecular flexibility index (Phi) is 4.61. The topological polar surface area (TPSA) is 6.48 Å². The lowest BCUT2D eigenvalue weighted by atomic mass is 9.70. The van der Waals surface area contributed by atoms with Gasteiger partial charge in [0.1, 0.15) is 0 Å². The molecule has 0 atom stereocenters. The van der Waals surface area contributed by atoms with E-state index in [1.54, 1.807) is 0 Å². The smallest absolute Gasteiger partial charge is 0.0233 e. The van der Waals surface area contributed by atoms with Crippen molar-refractivity contribution in [1.82, 2.24) is 9.80 Å². The van der Waals surface area contributed by atoms with Crippen LogP contribution in [0.15, 0.2) is 30.3 Å². The highest BCUT2D eigenvalue weighted by atomic mass is 15.2. The molecule has 0 aliphatic carbocycles. The Labute approximate surface area is 136 Å². The van der Waals surface area contributed by atoms with Crippen molar-refractivity contribution in [2.75, 3.05) is 26.2 Å². The summed E-state index contributed by atoms with van der Waals surface area (Å²) in [5.74, 6) is 0. The fourth-order valence-corrected chi connectivity index (χ4v) is 4.18. The van der Waals surface area contributed by atoms with E-state index in [4.69, 9.17) is 0 Å². The van der Waals surface area contributed by atoms with Gasteiger partial charge in [-0.05, 0) is 83.6 Å². The lowest BCUT2D eigenvalue weighted by Crippen LogP contribution is -2.51. The van der Waals surface area contributed by atoms with Gasteiger partial charge in [-0.1, -0.05) is 30.3 Å². The Morgan fingerprint density at radius 2 is 1.41 bits per heavy atom. The third kappa shape index (κ3) is 3.72. The SMILES string of the molecule is CC(C)(C)N1CCC2(CCN(Cc3ccccc3)CC2)CC1. The fourth-order valence-electron chi connectivity index (χ4n) is 4.18. The van der Waals surface area contributed by atoms with Crippen LogP contribution in [-0.2, 0) is 6.54 Å². The second kappa shape index (κ2) is 6.33. The Balaban J connectivity index is 1.50. The van der Waals surface area contributed by atoms with Crippen molar-refractivity contribution in [2.45, 2.75) is 58.5 Å². The first-order valence-corrected chi connectivity index (χ1v) is 8.98. The summed E-state index contributed by atoms with van der Waals surface area (Å²) in [5, 5.41) is 0. The lowest BCUT2D eigenvalue weighted by molar-refractivity contribution is 0.00196. The lowest BCUT2D eigenvalue weighted by Gasteiger charge is -2.50. The van der Waals surface area contributed by atoms with Gasteiger partial charge in [-0.3, -0.25) is 9.80 Å². The normalized spacial score (nSPS) is 23.8. The van der Waals surface area contributed by atoms with Crippen LogP contribution in [0.2, 0.25) is 0 Å². The van der Waals surface area contributed by atoms with Crippen LogP contribution in [0.5, 0.6) is 0 Å². The Bertz CT molecular complexity index is 456. The van der Waals surface area contributed by atoms with Crippen molar-refractivity contribution in [3.05, 3.63) is 35.9 Å². The predicted octanol–water partition coefficient (Wildman–Crippen LogP) is 4.16. The molecule has 1 aromatic rings. The van der Waals surface area contributed by atoms with Crippen LogP contribution in [0, 0.1) is 5.41 Å². The molecular weight excluding hydrogens is 268 g/mol. The summed E-state index contributed by atoms with van der Waals surface area (Å²) in [5.41, 5.74) is 2.45. The molecule has 0 N–H and O–H groups in total. The van der Waals surface area contributed by atoms with Crippen LogP contribution in [0.4, 0.5) is 0 Å². The van der Waals surface area contributed by atoms with Gasteiger partial charge in [0, 0.05) is 12.1 Å². The van der Waals surface area contributed by atoms with Gasteiger partial charge in [0.2, 0.25) is 0 Å². The van der Waals surface area contributed by atoms with Crippen molar-refractivity contribution in [3.8, 4) is 0 Å². The molecule has 0 unspecified atom stereocenters. The van der Waals surface area contributed by atoms with Gasteiger partial charge in [0.25, 0.3) is 0 Å². The van der Waals surface area contributed by atoms with Crippen LogP contribution in [0.3, 0.4) is 0 Å². The average molecular weight is 300 g/mol. The van der Waals surface area contributed by atoms with Gasteiger partial charge < -0.3 is 0 Å². The van der Waals surface area contributed by atoms with Crippen molar-refractivity contribution < 1.29 is 0 Å². The van der Waals surface area contributed by atoms with E-state index >= 15 is 0 Å². The predicted molar refractivity (Wildman–Crippen MR) is 93.9 cm³/mol. The quantitative estimate of drug-likeness (QED) is 0.809. The highest BCUT2D eigenvalue weighted by Crippen LogP contribution is 2.42. The molecule has 1 aromatic carbocycles. The summed E-state index contributed by atoms with van der Waals surface area (Å²) in [6.45, 7) is 13.3. The van der Waals surface area contributed by atoms with Crippen LogP contribution in [-0.4, -0.2) is 41.5 Å². The third-order valence-electron chi connectivity index (χ3n) is 5.94. The van der Waals surface area contributed by atoms with Gasteiger partial charge >= 0.3 is 0 Å². The molecule has 2 saturated heterocycles. The van der Waals surface area contributed by atoms with E-state index in [1.807, 2.05) is 0 Å². The molecule has 1 spiro atoms. The molecule has 22 heavy (non-hydrogen) atoms. The molecule has 0 aromatic heterocycles. The maximum atomic E-state index is 2.68. The van der Waals surface area contributed by atoms with Gasteiger partial charge in [-0.2, -0.15) is 0 Å². The maximum Gasteiger partial charge on any atom is 0.0233 e. The number of benzene rings is 1. The summed E-state index contributed by atoms with van der Waals surface area (Å²) in [7, 11) is 0. The number of nitrogens with zero attached hydrogens (tertiary/aromatic N) is 2. The van der Waals surface area contributed by atoms with Crippen molar-refractivity contribution in [3.63, 3.8) is 0 Å². The van der Waals surface area contributed by atoms with E-state index in [0.29, 0.717) is 11.0 Å². The van der Waals surface area contributed by atoms with E-state index < -0.39 is 0 Å². The molecule has 122 valence electrons. The summed E-state index contributed by atoms with van der Waals surface area (Å²) in [6.07, 6.45) is 5.61. The molecule has 2 nitrogen and oxygen atoms in total. The van der Waals surface area contributed by atoms with Crippen molar-refractivity contribution >= 4 is 0 Å². The first kappa shape index (κ1) is 16.0. The number of likely N-dealkylation sites (tertiary alicyclic amines) is 2. The standard InChI is InChI=1S/C20H32N2/c1-19(2,3)22-15-11-20(12-16-22)9-13-21(14-10-20)17-18-7-5-4-6-8-18/h4-8H,9-17H2,1-3H3. The van der Waals surface area contributed by atoms with E-state index in [0.717, 1.165) is 6.54 Å². The molecule has 2 fully saturated rings. The second-order valence-corrected chi connectivity index (χ2v) is 8.42. The zero-order chi connectivity index (χ0) is 15.6. The fraction of sp³-hybridized carbons (Fsp3) is 0.700. The largest absolute Gasteiger partial charge is 0.299 e. The first-order chi connectivity index (χ1) is 10.5. The zero-order valence-electron chi connectivity index (χ0n) is 14.6. The minimum absolute atomic E-state index is 0.343. The third-order valence-corrected chi connectivity index (χ3v) is 5.94. The minimum Gasteiger partial charge on any atom is -0.299 e. The molecular formula is C20H32N2. The maximum absolute atomic E-state index is 2.68. The summed E-state index contributed by atoms with van der Waals surface area (Å²) < 4.78 is 0. The first-order valence-electron chi connectivity index (χ1n) is 8.98. The Morgan fingerprint density at radius 1 is 0.864 bits per heavy atom. The molecule has 0 radical (unpaired) electrons. The van der Waals surface area contributed by atoms with Gasteiger partial charge in [0.05, 0.1) is 0 Å². The highest BCUT2D eigenvalue weighted by molar-refractivity contribution is 5.14. The Morgan fingerprint density at radius 3 is 1.95 bits per heavy atom. The number of piperidine rings is 2. The van der Waals surface area contributed by atoms with Crippen LogP contribution in [0.1, 0.15) is 52.0 Å². The highest BCUT2D eigenvalue weighted by Gasteiger charge is 2.39. The minimum atomic E-state index is 0.343. The molecule has 2 aliphatic heterocycles. The van der Waals surface area contributed by atoms with Crippen LogP contribution in [0.25, 0.3) is 0 Å². The van der Waals surface area contributed by atoms with Crippen LogP contribution >= 0.6 is 0 Å². The van der Waals surface area contributed by atoms with E-state index in [-0.39, 0.29) is 0 Å². The Hall–Kier alpha value is -0.860. The van der Waals surface area contributed by atoms with Crippen molar-refractivity contribution in [2.24, 2.45) is 5.41 Å². The molecule has 2 heteroatoms. The zero-order valence-corrected chi connectivity index (χ0v) is 14.6. The summed E-state index contributed by atoms with van der Waals surface area (Å²) in [6, 6.07) is 10.9. The average Bonchev–Trinajstić information content (AvgIpc) is 2.51. The second-order valence-electron chi connectivity index (χ2n) is 8.42. The van der Waals surface area contributed by atoms with E-state index in [1.165, 1.54) is 57.4 Å². The number of hydrogen-bond donors (Lipinski definition) is 0. The molecule has 2 aliphatic rings. The molecule has 0 bridgehead atoms. The summed E-state index contributed by atoms with van der Waals surface area (Å²) in [4.78, 5) is 5.32. The molecule has 0 saturated carbocycles. The van der Waals surface area contributed by atoms with Gasteiger partial charge in [0.15, 0.2) is 0 Å². The van der Waals surface area contributed by atoms with Gasteiger partial charge in [-0.25, -0.2) is 0 Å². The molecule has 0 amide bonds. The monoisotopic (exact) mass is 300 g/mol. The van der Waals surface area contributed by atoms with E-state index in [2.05, 4.69) is 60.9 Å². The number of rotatable bonds is 2. The van der Waals surface area contributed by atoms with Crippen LogP contribution < -0.4 is 0 Å². The van der Waals surface area contributed by atoms with Crippen molar-refractivity contribution in [1.29, 1.82) is 0 Å². The van der Waals surface area contributed by atoms with Gasteiger partial charge in [-0.15, -0.1) is 0 Å². The number of hydrogen-bond acceptors (Lipinski definition) is 2. The van der Waals surface area contributed by atoms with E-state index in [9.17, 15) is 0 Å².